The number of rotatable bonds is 0. The third kappa shape index (κ3) is 26.9. The van der Waals surface area contributed by atoms with Crippen LogP contribution < -0.4 is 0 Å². The monoisotopic (exact) mass is 304 g/mol. The minimum atomic E-state index is 1.32. The molecule has 0 bridgehead atoms. The second-order valence-electron chi connectivity index (χ2n) is 3.31. The van der Waals surface area contributed by atoms with Crippen LogP contribution in [0.15, 0.2) is 60.7 Å². The average molecular weight is 305 g/mol. The lowest BCUT2D eigenvalue weighted by Gasteiger charge is -1.82. The van der Waals surface area contributed by atoms with E-state index < -0.39 is 0 Å². The molecule has 0 nitrogen and oxygen atoms in total. The standard InChI is InChI=1S/2C7H8.4C2H6/c2*1-7-5-3-2-4-6-7;4*1-2/h2*2-6H,1H3;4*1-2H3. The number of hydrogen-bond acceptors (Lipinski definition) is 0. The van der Waals surface area contributed by atoms with E-state index in [0.29, 0.717) is 0 Å². The van der Waals surface area contributed by atoms with Crippen molar-refractivity contribution >= 4 is 0 Å². The molecule has 0 aliphatic heterocycles. The van der Waals surface area contributed by atoms with Gasteiger partial charge in [-0.2, -0.15) is 0 Å². The molecule has 0 amide bonds. The van der Waals surface area contributed by atoms with Gasteiger partial charge in [-0.3, -0.25) is 0 Å². The normalized spacial score (nSPS) is 6.64. The molecule has 128 valence electrons. The second kappa shape index (κ2) is 31.7. The van der Waals surface area contributed by atoms with Crippen molar-refractivity contribution in [3.05, 3.63) is 71.8 Å². The van der Waals surface area contributed by atoms with Gasteiger partial charge in [0.05, 0.1) is 0 Å². The van der Waals surface area contributed by atoms with Crippen LogP contribution in [-0.4, -0.2) is 0 Å². The highest BCUT2D eigenvalue weighted by atomic mass is 13.8. The fourth-order valence-electron chi connectivity index (χ4n) is 1.07. The van der Waals surface area contributed by atoms with E-state index in [1.165, 1.54) is 11.1 Å². The summed E-state index contributed by atoms with van der Waals surface area (Å²) in [7, 11) is 0. The molecule has 0 unspecified atom stereocenters. The van der Waals surface area contributed by atoms with Gasteiger partial charge in [-0.1, -0.05) is 127 Å². The first kappa shape index (κ1) is 28.6. The van der Waals surface area contributed by atoms with Crippen molar-refractivity contribution in [1.82, 2.24) is 0 Å². The molecule has 0 fully saturated rings. The maximum absolute atomic E-state index is 2.08. The van der Waals surface area contributed by atoms with Crippen LogP contribution in [0.2, 0.25) is 0 Å². The molecular formula is C22H40. The van der Waals surface area contributed by atoms with Crippen LogP contribution in [0, 0.1) is 13.8 Å². The Hall–Kier alpha value is -1.56. The van der Waals surface area contributed by atoms with E-state index in [0.717, 1.165) is 0 Å². The second-order valence-corrected chi connectivity index (χ2v) is 3.31. The summed E-state index contributed by atoms with van der Waals surface area (Å²) < 4.78 is 0. The van der Waals surface area contributed by atoms with E-state index >= 15 is 0 Å². The van der Waals surface area contributed by atoms with Crippen molar-refractivity contribution in [3.63, 3.8) is 0 Å². The van der Waals surface area contributed by atoms with Gasteiger partial charge in [0.1, 0.15) is 0 Å². The van der Waals surface area contributed by atoms with Crippen LogP contribution in [-0.2, 0) is 0 Å². The van der Waals surface area contributed by atoms with Gasteiger partial charge >= 0.3 is 0 Å². The summed E-state index contributed by atoms with van der Waals surface area (Å²) in [5.74, 6) is 0. The zero-order valence-corrected chi connectivity index (χ0v) is 16.8. The van der Waals surface area contributed by atoms with Gasteiger partial charge in [-0.25, -0.2) is 0 Å². The summed E-state index contributed by atoms with van der Waals surface area (Å²) in [4.78, 5) is 0. The van der Waals surface area contributed by atoms with Gasteiger partial charge in [0, 0.05) is 0 Å². The molecule has 2 aromatic rings. The first-order valence-corrected chi connectivity index (χ1v) is 8.82. The van der Waals surface area contributed by atoms with Gasteiger partial charge < -0.3 is 0 Å². The Balaban J connectivity index is -0.000000102. The molecule has 0 atom stereocenters. The van der Waals surface area contributed by atoms with Gasteiger partial charge in [-0.15, -0.1) is 0 Å². The van der Waals surface area contributed by atoms with E-state index in [1.807, 2.05) is 91.8 Å². The van der Waals surface area contributed by atoms with Crippen molar-refractivity contribution in [2.24, 2.45) is 0 Å². The maximum Gasteiger partial charge on any atom is -0.0398 e. The quantitative estimate of drug-likeness (QED) is 0.461. The van der Waals surface area contributed by atoms with Crippen LogP contribution in [0.1, 0.15) is 66.5 Å². The van der Waals surface area contributed by atoms with Crippen LogP contribution in [0.5, 0.6) is 0 Å². The fraction of sp³-hybridized carbons (Fsp3) is 0.455. The Morgan fingerprint density at radius 3 is 0.636 bits per heavy atom. The molecule has 0 aliphatic rings. The van der Waals surface area contributed by atoms with E-state index in [9.17, 15) is 0 Å². The lowest BCUT2D eigenvalue weighted by Crippen LogP contribution is -1.62. The lowest BCUT2D eigenvalue weighted by molar-refractivity contribution is 1.48. The zero-order valence-electron chi connectivity index (χ0n) is 16.8. The predicted molar refractivity (Wildman–Crippen MR) is 108 cm³/mol. The zero-order chi connectivity index (χ0) is 18.2. The molecule has 0 saturated heterocycles. The van der Waals surface area contributed by atoms with Gasteiger partial charge in [0.25, 0.3) is 0 Å². The van der Waals surface area contributed by atoms with Crippen molar-refractivity contribution in [2.75, 3.05) is 0 Å². The van der Waals surface area contributed by atoms with Crippen LogP contribution in [0.3, 0.4) is 0 Å². The molecule has 0 spiro atoms. The molecule has 2 rings (SSSR count). The summed E-state index contributed by atoms with van der Waals surface area (Å²) in [5.41, 5.74) is 2.64. The molecule has 2 aromatic carbocycles. The first-order chi connectivity index (χ1) is 10.8. The third-order valence-electron chi connectivity index (χ3n) is 1.88. The van der Waals surface area contributed by atoms with Crippen molar-refractivity contribution < 1.29 is 0 Å². The smallest absolute Gasteiger partial charge is 0.0398 e. The molecule has 22 heavy (non-hydrogen) atoms. The van der Waals surface area contributed by atoms with Crippen molar-refractivity contribution in [1.29, 1.82) is 0 Å². The summed E-state index contributed by atoms with van der Waals surface area (Å²) in [6.07, 6.45) is 0. The average Bonchev–Trinajstić information content (AvgIpc) is 2.64. The van der Waals surface area contributed by atoms with Crippen LogP contribution >= 0.6 is 0 Å². The molecule has 0 saturated carbocycles. The number of benzene rings is 2. The molecule has 0 aromatic heterocycles. The first-order valence-electron chi connectivity index (χ1n) is 8.82. The molecular weight excluding hydrogens is 264 g/mol. The largest absolute Gasteiger partial charge is 0.0683 e. The highest BCUT2D eigenvalue weighted by Crippen LogP contribution is 1.92. The van der Waals surface area contributed by atoms with E-state index in [4.69, 9.17) is 0 Å². The number of aryl methyl sites for hydroxylation is 2. The Labute approximate surface area is 141 Å². The summed E-state index contributed by atoms with van der Waals surface area (Å²) in [6, 6.07) is 20.5. The van der Waals surface area contributed by atoms with Crippen LogP contribution in [0.4, 0.5) is 0 Å². The fourth-order valence-corrected chi connectivity index (χ4v) is 1.07. The van der Waals surface area contributed by atoms with Crippen molar-refractivity contribution in [2.45, 2.75) is 69.2 Å². The SMILES string of the molecule is CC.CC.CC.CC.Cc1ccccc1.Cc1ccccc1. The van der Waals surface area contributed by atoms with Gasteiger partial charge in [0.15, 0.2) is 0 Å². The van der Waals surface area contributed by atoms with Crippen LogP contribution in [0.25, 0.3) is 0 Å². The molecule has 0 aliphatic carbocycles. The number of hydrogen-bond donors (Lipinski definition) is 0. The minimum Gasteiger partial charge on any atom is -0.0683 e. The topological polar surface area (TPSA) is 0 Å². The van der Waals surface area contributed by atoms with E-state index in [2.05, 4.69) is 38.1 Å². The summed E-state index contributed by atoms with van der Waals surface area (Å²) in [6.45, 7) is 20.2. The third-order valence-corrected chi connectivity index (χ3v) is 1.88. The summed E-state index contributed by atoms with van der Waals surface area (Å²) >= 11 is 0. The molecule has 0 heterocycles. The molecule has 0 radical (unpaired) electrons. The van der Waals surface area contributed by atoms with Gasteiger partial charge in [0.2, 0.25) is 0 Å². The Kier molecular flexibility index (Phi) is 41.2. The molecule has 0 heteroatoms. The Bertz CT molecular complexity index is 297. The maximum atomic E-state index is 2.08. The molecule has 0 N–H and O–H groups in total. The Morgan fingerprint density at radius 1 is 0.364 bits per heavy atom. The summed E-state index contributed by atoms with van der Waals surface area (Å²) in [5, 5.41) is 0. The highest BCUT2D eigenvalue weighted by Gasteiger charge is 1.72. The highest BCUT2D eigenvalue weighted by molar-refractivity contribution is 5.12. The predicted octanol–water partition coefficient (Wildman–Crippen LogP) is 8.09. The van der Waals surface area contributed by atoms with E-state index in [-0.39, 0.29) is 0 Å². The van der Waals surface area contributed by atoms with Crippen molar-refractivity contribution in [3.8, 4) is 0 Å². The van der Waals surface area contributed by atoms with E-state index in [1.54, 1.807) is 0 Å². The van der Waals surface area contributed by atoms with Gasteiger partial charge in [-0.05, 0) is 13.8 Å². The Morgan fingerprint density at radius 2 is 0.545 bits per heavy atom. The lowest BCUT2D eigenvalue weighted by atomic mass is 10.2. The minimum absolute atomic E-state index is 1.32.